The molecule has 1 aliphatic carbocycles. The molecule has 2 rings (SSSR count). The zero-order valence-electron chi connectivity index (χ0n) is 11.8. The van der Waals surface area contributed by atoms with E-state index in [1.165, 1.54) is 19.3 Å². The first kappa shape index (κ1) is 14.2. The first-order valence-corrected chi connectivity index (χ1v) is 6.94. The summed E-state index contributed by atoms with van der Waals surface area (Å²) in [6, 6.07) is 7.67. The van der Waals surface area contributed by atoms with Crippen LogP contribution in [-0.2, 0) is 0 Å². The number of hydrogen-bond acceptors (Lipinski definition) is 3. The van der Waals surface area contributed by atoms with Gasteiger partial charge >= 0.3 is 0 Å². The van der Waals surface area contributed by atoms with Crippen LogP contribution in [0.2, 0.25) is 5.02 Å². The van der Waals surface area contributed by atoms with E-state index < -0.39 is 0 Å². The van der Waals surface area contributed by atoms with Crippen LogP contribution in [0.3, 0.4) is 0 Å². The van der Waals surface area contributed by atoms with Crippen molar-refractivity contribution in [1.29, 1.82) is 5.26 Å². The lowest BCUT2D eigenvalue weighted by molar-refractivity contribution is 0.0683. The van der Waals surface area contributed by atoms with Crippen molar-refractivity contribution in [2.75, 3.05) is 32.6 Å². The van der Waals surface area contributed by atoms with Gasteiger partial charge in [-0.3, -0.25) is 0 Å². The quantitative estimate of drug-likeness (QED) is 0.847. The average Bonchev–Trinajstić information content (AvgIpc) is 2.33. The Morgan fingerprint density at radius 2 is 2.00 bits per heavy atom. The van der Waals surface area contributed by atoms with E-state index in [-0.39, 0.29) is 5.54 Å². The number of benzene rings is 1. The highest BCUT2D eigenvalue weighted by Crippen LogP contribution is 2.38. The molecule has 0 N–H and O–H groups in total. The van der Waals surface area contributed by atoms with Crippen LogP contribution in [0.5, 0.6) is 0 Å². The van der Waals surface area contributed by atoms with E-state index in [9.17, 15) is 5.26 Å². The molecular weight excluding hydrogens is 258 g/mol. The van der Waals surface area contributed by atoms with Crippen LogP contribution in [-0.4, -0.2) is 38.1 Å². The molecule has 4 heteroatoms. The molecule has 0 heterocycles. The van der Waals surface area contributed by atoms with Crippen molar-refractivity contribution in [3.63, 3.8) is 0 Å². The number of likely N-dealkylation sites (N-methyl/N-ethyl adjacent to an activating group) is 2. The van der Waals surface area contributed by atoms with Crippen LogP contribution < -0.4 is 4.90 Å². The summed E-state index contributed by atoms with van der Waals surface area (Å²) in [5.41, 5.74) is 1.84. The monoisotopic (exact) mass is 277 g/mol. The maximum absolute atomic E-state index is 9.21. The Morgan fingerprint density at radius 3 is 2.47 bits per heavy atom. The highest BCUT2D eigenvalue weighted by molar-refractivity contribution is 6.30. The van der Waals surface area contributed by atoms with Crippen LogP contribution in [0.15, 0.2) is 18.2 Å². The van der Waals surface area contributed by atoms with Gasteiger partial charge in [-0.25, -0.2) is 0 Å². The third-order valence-electron chi connectivity index (χ3n) is 4.26. The van der Waals surface area contributed by atoms with E-state index in [0.717, 1.165) is 12.2 Å². The highest BCUT2D eigenvalue weighted by atomic mass is 35.5. The average molecular weight is 278 g/mol. The normalized spacial score (nSPS) is 16.8. The number of halogens is 1. The third-order valence-corrected chi connectivity index (χ3v) is 4.49. The Kier molecular flexibility index (Phi) is 4.03. The largest absolute Gasteiger partial charge is 0.372 e. The maximum atomic E-state index is 9.21. The van der Waals surface area contributed by atoms with Crippen molar-refractivity contribution in [3.8, 4) is 6.07 Å². The molecule has 3 nitrogen and oxygen atoms in total. The number of hydrogen-bond donors (Lipinski definition) is 0. The second-order valence-corrected chi connectivity index (χ2v) is 6.04. The number of nitriles is 1. The molecule has 0 aliphatic heterocycles. The van der Waals surface area contributed by atoms with Crippen molar-refractivity contribution in [1.82, 2.24) is 4.90 Å². The lowest BCUT2D eigenvalue weighted by atomic mass is 9.75. The van der Waals surface area contributed by atoms with E-state index in [1.54, 1.807) is 12.1 Å². The molecule has 0 spiro atoms. The number of nitrogens with zero attached hydrogens (tertiary/aromatic N) is 3. The fourth-order valence-corrected chi connectivity index (χ4v) is 2.94. The van der Waals surface area contributed by atoms with Crippen molar-refractivity contribution in [3.05, 3.63) is 28.8 Å². The topological polar surface area (TPSA) is 30.3 Å². The van der Waals surface area contributed by atoms with Crippen molar-refractivity contribution in [2.45, 2.75) is 24.8 Å². The molecule has 102 valence electrons. The Balaban J connectivity index is 2.23. The van der Waals surface area contributed by atoms with Gasteiger partial charge in [0.05, 0.1) is 11.3 Å². The molecule has 1 fully saturated rings. The third kappa shape index (κ3) is 2.70. The van der Waals surface area contributed by atoms with Gasteiger partial charge in [0.1, 0.15) is 6.07 Å². The molecule has 1 saturated carbocycles. The summed E-state index contributed by atoms with van der Waals surface area (Å²) >= 11 is 6.05. The molecule has 1 aromatic rings. The smallest absolute Gasteiger partial charge is 0.101 e. The second-order valence-electron chi connectivity index (χ2n) is 5.60. The Labute approximate surface area is 120 Å². The zero-order chi connectivity index (χ0) is 14.0. The Hall–Kier alpha value is -1.24. The lowest BCUT2D eigenvalue weighted by Crippen LogP contribution is -2.56. The number of rotatable bonds is 4. The van der Waals surface area contributed by atoms with Crippen LogP contribution >= 0.6 is 11.6 Å². The molecule has 0 bridgehead atoms. The second kappa shape index (κ2) is 5.40. The van der Waals surface area contributed by atoms with Gasteiger partial charge < -0.3 is 9.80 Å². The molecule has 0 unspecified atom stereocenters. The van der Waals surface area contributed by atoms with Gasteiger partial charge in [-0.1, -0.05) is 11.6 Å². The van der Waals surface area contributed by atoms with E-state index in [0.29, 0.717) is 10.6 Å². The fraction of sp³-hybridized carbons (Fsp3) is 0.533. The maximum Gasteiger partial charge on any atom is 0.101 e. The summed E-state index contributed by atoms with van der Waals surface area (Å²) in [4.78, 5) is 4.47. The minimum Gasteiger partial charge on any atom is -0.372 e. The van der Waals surface area contributed by atoms with Gasteiger partial charge in [0.2, 0.25) is 0 Å². The first-order valence-electron chi connectivity index (χ1n) is 6.57. The van der Waals surface area contributed by atoms with Gasteiger partial charge in [-0.05, 0) is 51.6 Å². The van der Waals surface area contributed by atoms with E-state index in [2.05, 4.69) is 30.0 Å². The highest BCUT2D eigenvalue weighted by Gasteiger charge is 2.40. The first-order chi connectivity index (χ1) is 8.98. The molecule has 1 aromatic carbocycles. The Morgan fingerprint density at radius 1 is 1.32 bits per heavy atom. The van der Waals surface area contributed by atoms with Gasteiger partial charge in [-0.2, -0.15) is 5.26 Å². The predicted octanol–water partition coefficient (Wildman–Crippen LogP) is 3.13. The summed E-state index contributed by atoms with van der Waals surface area (Å²) < 4.78 is 0. The fourth-order valence-electron chi connectivity index (χ4n) is 2.77. The summed E-state index contributed by atoms with van der Waals surface area (Å²) in [7, 11) is 6.31. The van der Waals surface area contributed by atoms with Gasteiger partial charge in [0.25, 0.3) is 0 Å². The van der Waals surface area contributed by atoms with Crippen LogP contribution in [0.4, 0.5) is 5.69 Å². The summed E-state index contributed by atoms with van der Waals surface area (Å²) in [5, 5.41) is 9.88. The van der Waals surface area contributed by atoms with Crippen LogP contribution in [0, 0.1) is 11.3 Å². The van der Waals surface area contributed by atoms with Gasteiger partial charge in [0, 0.05) is 24.2 Å². The molecular formula is C15H20ClN3. The van der Waals surface area contributed by atoms with E-state index in [4.69, 9.17) is 11.6 Å². The lowest BCUT2D eigenvalue weighted by Gasteiger charge is -2.49. The SMILES string of the molecule is CN(CC1(N(C)C)CCC1)c1cc(Cl)ccc1C#N. The van der Waals surface area contributed by atoms with Crippen molar-refractivity contribution < 1.29 is 0 Å². The summed E-state index contributed by atoms with van der Waals surface area (Å²) in [6.45, 7) is 0.926. The standard InChI is InChI=1S/C15H20ClN3/c1-18(2)15(7-4-8-15)11-19(3)14-9-13(16)6-5-12(14)10-17/h5-6,9H,4,7-8,11H2,1-3H3. The minimum atomic E-state index is 0.240. The number of anilines is 1. The van der Waals surface area contributed by atoms with Crippen LogP contribution in [0.1, 0.15) is 24.8 Å². The zero-order valence-corrected chi connectivity index (χ0v) is 12.5. The van der Waals surface area contributed by atoms with E-state index in [1.807, 2.05) is 13.1 Å². The van der Waals surface area contributed by atoms with Gasteiger partial charge in [-0.15, -0.1) is 0 Å². The van der Waals surface area contributed by atoms with Gasteiger partial charge in [0.15, 0.2) is 0 Å². The molecule has 0 saturated heterocycles. The predicted molar refractivity (Wildman–Crippen MR) is 79.7 cm³/mol. The summed E-state index contributed by atoms with van der Waals surface area (Å²) in [6.07, 6.45) is 3.71. The minimum absolute atomic E-state index is 0.240. The summed E-state index contributed by atoms with van der Waals surface area (Å²) in [5.74, 6) is 0. The Bertz CT molecular complexity index is 501. The molecule has 0 atom stereocenters. The van der Waals surface area contributed by atoms with Crippen LogP contribution in [0.25, 0.3) is 0 Å². The van der Waals surface area contributed by atoms with Crippen molar-refractivity contribution in [2.24, 2.45) is 0 Å². The molecule has 0 amide bonds. The molecule has 0 aromatic heterocycles. The van der Waals surface area contributed by atoms with Crippen molar-refractivity contribution >= 4 is 17.3 Å². The molecule has 19 heavy (non-hydrogen) atoms. The molecule has 0 radical (unpaired) electrons. The van der Waals surface area contributed by atoms with E-state index >= 15 is 0 Å². The molecule has 1 aliphatic rings.